The zero-order chi connectivity index (χ0) is 25.2. The number of nitrogens with one attached hydrogen (secondary N) is 3. The maximum absolute atomic E-state index is 13.0. The molecule has 10 heteroatoms. The lowest BCUT2D eigenvalue weighted by Gasteiger charge is -2.22. The molecule has 0 unspecified atom stereocenters. The van der Waals surface area contributed by atoms with Crippen LogP contribution in [0.15, 0.2) is 60.8 Å². The average Bonchev–Trinajstić information content (AvgIpc) is 3.27. The summed E-state index contributed by atoms with van der Waals surface area (Å²) in [5.74, 6) is -1.95. The maximum atomic E-state index is 13.0. The number of methoxy groups -OCH3 is 1. The first kappa shape index (κ1) is 25.3. The quantitative estimate of drug-likeness (QED) is 0.308. The van der Waals surface area contributed by atoms with Gasteiger partial charge in [-0.3, -0.25) is 9.59 Å². The van der Waals surface area contributed by atoms with Crippen molar-refractivity contribution in [2.24, 2.45) is 5.73 Å². The van der Waals surface area contributed by atoms with Crippen molar-refractivity contribution in [3.63, 3.8) is 0 Å². The number of amides is 3. The lowest BCUT2D eigenvalue weighted by atomic mass is 10.0. The molecule has 0 aliphatic heterocycles. The predicted molar refractivity (Wildman–Crippen MR) is 128 cm³/mol. The number of nitrogens with two attached hydrogens (primary N) is 1. The summed E-state index contributed by atoms with van der Waals surface area (Å²) in [7, 11) is 1.22. The Kier molecular flexibility index (Phi) is 8.82. The second-order valence-corrected chi connectivity index (χ2v) is 7.91. The van der Waals surface area contributed by atoms with E-state index in [0.717, 1.165) is 22.0 Å². The minimum Gasteiger partial charge on any atom is -0.467 e. The SMILES string of the molecule is COC(=O)[C@H](Cc1c[nH]c2ccccc12)NC(=O)[C@H](CCC(N)=O)NC(=O)OCc1ccccc1. The molecule has 3 rings (SSSR count). The topological polar surface area (TPSA) is 153 Å². The molecule has 3 aromatic rings. The van der Waals surface area contributed by atoms with Gasteiger partial charge in [0, 0.05) is 29.9 Å². The number of ether oxygens (including phenoxy) is 2. The molecular weight excluding hydrogens is 452 g/mol. The van der Waals surface area contributed by atoms with Crippen molar-refractivity contribution >= 4 is 34.8 Å². The fraction of sp³-hybridized carbons (Fsp3) is 0.280. The summed E-state index contributed by atoms with van der Waals surface area (Å²) in [5, 5.41) is 5.98. The molecule has 0 spiro atoms. The third-order valence-electron chi connectivity index (χ3n) is 5.40. The lowest BCUT2D eigenvalue weighted by molar-refractivity contribution is -0.145. The summed E-state index contributed by atoms with van der Waals surface area (Å²) in [4.78, 5) is 52.2. The van der Waals surface area contributed by atoms with E-state index in [2.05, 4.69) is 15.6 Å². The monoisotopic (exact) mass is 480 g/mol. The second kappa shape index (κ2) is 12.2. The zero-order valence-corrected chi connectivity index (χ0v) is 19.3. The molecule has 1 aromatic heterocycles. The molecule has 2 atom stereocenters. The first-order valence-corrected chi connectivity index (χ1v) is 11.1. The Hall–Kier alpha value is -4.34. The van der Waals surface area contributed by atoms with Gasteiger partial charge in [0.05, 0.1) is 7.11 Å². The van der Waals surface area contributed by atoms with Crippen molar-refractivity contribution in [2.75, 3.05) is 7.11 Å². The van der Waals surface area contributed by atoms with Gasteiger partial charge in [-0.25, -0.2) is 9.59 Å². The Morgan fingerprint density at radius 3 is 2.40 bits per heavy atom. The summed E-state index contributed by atoms with van der Waals surface area (Å²) in [6.07, 6.45) is 0.856. The summed E-state index contributed by atoms with van der Waals surface area (Å²) in [6.45, 7) is 0.00216. The smallest absolute Gasteiger partial charge is 0.408 e. The van der Waals surface area contributed by atoms with E-state index in [9.17, 15) is 19.2 Å². The molecule has 0 aliphatic carbocycles. The molecule has 10 nitrogen and oxygen atoms in total. The number of para-hydroxylation sites is 1. The van der Waals surface area contributed by atoms with Crippen LogP contribution in [0.25, 0.3) is 10.9 Å². The largest absolute Gasteiger partial charge is 0.467 e. The predicted octanol–water partition coefficient (Wildman–Crippen LogP) is 1.93. The normalized spacial score (nSPS) is 12.4. The number of hydrogen-bond acceptors (Lipinski definition) is 6. The molecule has 2 aromatic carbocycles. The van der Waals surface area contributed by atoms with E-state index >= 15 is 0 Å². The van der Waals surface area contributed by atoms with Crippen LogP contribution in [0.1, 0.15) is 24.0 Å². The number of fused-ring (bicyclic) bond motifs is 1. The standard InChI is InChI=1S/C25H28N4O6/c1-34-24(32)21(13-17-14-27-19-10-6-5-9-18(17)19)28-23(31)20(11-12-22(26)30)29-25(33)35-15-16-7-3-2-4-8-16/h2-10,14,20-21,27H,11-13,15H2,1H3,(H2,26,30)(H,28,31)(H,29,33)/t20-,21-/m0/s1. The van der Waals surface area contributed by atoms with E-state index in [4.69, 9.17) is 15.2 Å². The van der Waals surface area contributed by atoms with Gasteiger partial charge in [0.1, 0.15) is 18.7 Å². The maximum Gasteiger partial charge on any atom is 0.408 e. The third kappa shape index (κ3) is 7.32. The number of primary amides is 1. The number of carbonyl (C=O) groups is 4. The Balaban J connectivity index is 1.69. The molecule has 184 valence electrons. The van der Waals surface area contributed by atoms with Gasteiger partial charge < -0.3 is 30.8 Å². The molecule has 0 aliphatic rings. The number of esters is 1. The molecule has 0 saturated carbocycles. The van der Waals surface area contributed by atoms with E-state index in [0.29, 0.717) is 0 Å². The summed E-state index contributed by atoms with van der Waals surface area (Å²) >= 11 is 0. The highest BCUT2D eigenvalue weighted by molar-refractivity contribution is 5.91. The molecule has 0 bridgehead atoms. The van der Waals surface area contributed by atoms with Crippen LogP contribution in [-0.4, -0.2) is 48.1 Å². The third-order valence-corrected chi connectivity index (χ3v) is 5.40. The van der Waals surface area contributed by atoms with Crippen molar-refractivity contribution < 1.29 is 28.7 Å². The number of alkyl carbamates (subject to hydrolysis) is 1. The van der Waals surface area contributed by atoms with E-state index in [1.54, 1.807) is 30.5 Å². The van der Waals surface area contributed by atoms with Crippen LogP contribution in [-0.2, 0) is 36.9 Å². The first-order chi connectivity index (χ1) is 16.9. The van der Waals surface area contributed by atoms with E-state index in [1.807, 2.05) is 30.3 Å². The molecule has 0 radical (unpaired) electrons. The van der Waals surface area contributed by atoms with Crippen LogP contribution < -0.4 is 16.4 Å². The van der Waals surface area contributed by atoms with Crippen molar-refractivity contribution in [3.05, 3.63) is 71.9 Å². The van der Waals surface area contributed by atoms with Crippen molar-refractivity contribution in [1.29, 1.82) is 0 Å². The van der Waals surface area contributed by atoms with Crippen LogP contribution in [0.3, 0.4) is 0 Å². The van der Waals surface area contributed by atoms with Crippen molar-refractivity contribution in [2.45, 2.75) is 38.0 Å². The minimum absolute atomic E-state index is 0.00216. The number of rotatable bonds is 11. The van der Waals surface area contributed by atoms with Gasteiger partial charge >= 0.3 is 12.1 Å². The average molecular weight is 481 g/mol. The lowest BCUT2D eigenvalue weighted by Crippen LogP contribution is -2.52. The Labute approximate surface area is 202 Å². The van der Waals surface area contributed by atoms with Gasteiger partial charge in [0.2, 0.25) is 11.8 Å². The fourth-order valence-corrected chi connectivity index (χ4v) is 3.59. The summed E-state index contributed by atoms with van der Waals surface area (Å²) < 4.78 is 10.1. The van der Waals surface area contributed by atoms with Crippen LogP contribution in [0.2, 0.25) is 0 Å². The highest BCUT2D eigenvalue weighted by Crippen LogP contribution is 2.19. The zero-order valence-electron chi connectivity index (χ0n) is 19.3. The molecule has 0 saturated heterocycles. The Bertz CT molecular complexity index is 1180. The molecule has 5 N–H and O–H groups in total. The van der Waals surface area contributed by atoms with Crippen LogP contribution in [0.4, 0.5) is 4.79 Å². The van der Waals surface area contributed by atoms with E-state index < -0.39 is 36.0 Å². The summed E-state index contributed by atoms with van der Waals surface area (Å²) in [6, 6.07) is 14.4. The van der Waals surface area contributed by atoms with E-state index in [-0.39, 0.29) is 25.9 Å². The number of hydrogen-bond donors (Lipinski definition) is 4. The Morgan fingerprint density at radius 2 is 1.69 bits per heavy atom. The van der Waals surface area contributed by atoms with E-state index in [1.165, 1.54) is 7.11 Å². The highest BCUT2D eigenvalue weighted by Gasteiger charge is 2.28. The second-order valence-electron chi connectivity index (χ2n) is 7.91. The highest BCUT2D eigenvalue weighted by atomic mass is 16.5. The summed E-state index contributed by atoms with van der Waals surface area (Å²) in [5.41, 5.74) is 7.69. The van der Waals surface area contributed by atoms with Crippen molar-refractivity contribution in [3.8, 4) is 0 Å². The van der Waals surface area contributed by atoms with Gasteiger partial charge in [-0.1, -0.05) is 48.5 Å². The first-order valence-electron chi connectivity index (χ1n) is 11.1. The fourth-order valence-electron chi connectivity index (χ4n) is 3.59. The molecular formula is C25H28N4O6. The van der Waals surface area contributed by atoms with Gasteiger partial charge in [0.15, 0.2) is 0 Å². The molecule has 1 heterocycles. The van der Waals surface area contributed by atoms with Gasteiger partial charge in [-0.15, -0.1) is 0 Å². The van der Waals surface area contributed by atoms with Gasteiger partial charge in [0.25, 0.3) is 0 Å². The number of aromatic amines is 1. The minimum atomic E-state index is -1.15. The number of aromatic nitrogens is 1. The molecule has 0 fully saturated rings. The van der Waals surface area contributed by atoms with Gasteiger partial charge in [-0.2, -0.15) is 0 Å². The molecule has 35 heavy (non-hydrogen) atoms. The van der Waals surface area contributed by atoms with Gasteiger partial charge in [-0.05, 0) is 23.6 Å². The number of carbonyl (C=O) groups excluding carboxylic acids is 4. The van der Waals surface area contributed by atoms with Crippen molar-refractivity contribution in [1.82, 2.24) is 15.6 Å². The Morgan fingerprint density at radius 1 is 0.971 bits per heavy atom. The van der Waals surface area contributed by atoms with Crippen LogP contribution in [0.5, 0.6) is 0 Å². The number of benzene rings is 2. The number of H-pyrrole nitrogens is 1. The molecule has 3 amide bonds. The van der Waals surface area contributed by atoms with Crippen LogP contribution in [0, 0.1) is 0 Å². The van der Waals surface area contributed by atoms with Crippen LogP contribution >= 0.6 is 0 Å².